The van der Waals surface area contributed by atoms with Crippen LogP contribution in [-0.4, -0.2) is 27.6 Å². The quantitative estimate of drug-likeness (QED) is 0.748. The van der Waals surface area contributed by atoms with Crippen molar-refractivity contribution in [2.45, 2.75) is 19.8 Å². The Kier molecular flexibility index (Phi) is 4.70. The van der Waals surface area contributed by atoms with Crippen molar-refractivity contribution in [3.63, 3.8) is 0 Å². The largest absolute Gasteiger partial charge is 0.481 e. The molecular weight excluding hydrogens is 302 g/mol. The Labute approximate surface area is 140 Å². The second-order valence-electron chi connectivity index (χ2n) is 5.52. The molecule has 1 heterocycles. The zero-order chi connectivity index (χ0) is 16.9. The Morgan fingerprint density at radius 1 is 1.12 bits per heavy atom. The molecule has 0 aliphatic heterocycles. The van der Waals surface area contributed by atoms with Crippen molar-refractivity contribution in [3.05, 3.63) is 60.3 Å². The van der Waals surface area contributed by atoms with Crippen LogP contribution in [0.4, 0.5) is 11.5 Å². The fourth-order valence-electron chi connectivity index (χ4n) is 2.69. The lowest BCUT2D eigenvalue weighted by Gasteiger charge is -2.22. The maximum atomic E-state index is 10.8. The van der Waals surface area contributed by atoms with E-state index in [0.717, 1.165) is 34.6 Å². The number of hydrogen-bond acceptors (Lipinski definition) is 4. The minimum absolute atomic E-state index is 0.130. The van der Waals surface area contributed by atoms with Gasteiger partial charge in [-0.1, -0.05) is 24.3 Å². The van der Waals surface area contributed by atoms with Gasteiger partial charge in [0.05, 0.1) is 17.2 Å². The van der Waals surface area contributed by atoms with Crippen molar-refractivity contribution in [1.82, 2.24) is 9.97 Å². The first-order valence-electron chi connectivity index (χ1n) is 7.97. The molecule has 0 atom stereocenters. The maximum Gasteiger partial charge on any atom is 0.303 e. The van der Waals surface area contributed by atoms with Gasteiger partial charge < -0.3 is 10.0 Å². The van der Waals surface area contributed by atoms with Crippen molar-refractivity contribution in [2.24, 2.45) is 0 Å². The summed E-state index contributed by atoms with van der Waals surface area (Å²) in [6.07, 6.45) is 2.42. The minimum atomic E-state index is -0.784. The molecule has 0 fully saturated rings. The van der Waals surface area contributed by atoms with Crippen molar-refractivity contribution >= 4 is 28.5 Å². The lowest BCUT2D eigenvalue weighted by molar-refractivity contribution is -0.136. The van der Waals surface area contributed by atoms with E-state index in [0.29, 0.717) is 6.42 Å². The van der Waals surface area contributed by atoms with Gasteiger partial charge in [0, 0.05) is 18.7 Å². The van der Waals surface area contributed by atoms with E-state index in [2.05, 4.69) is 16.8 Å². The number of aryl methyl sites for hydroxylation is 1. The molecule has 5 heteroatoms. The predicted molar refractivity (Wildman–Crippen MR) is 94.6 cm³/mol. The third-order valence-electron chi connectivity index (χ3n) is 3.88. The highest BCUT2D eigenvalue weighted by Crippen LogP contribution is 2.25. The van der Waals surface area contributed by atoms with E-state index in [1.807, 2.05) is 48.5 Å². The molecule has 0 spiro atoms. The molecule has 0 unspecified atom stereocenters. The lowest BCUT2D eigenvalue weighted by Crippen LogP contribution is -2.18. The summed E-state index contributed by atoms with van der Waals surface area (Å²) in [6.45, 7) is 2.80. The molecule has 0 aliphatic rings. The van der Waals surface area contributed by atoms with Crippen LogP contribution in [-0.2, 0) is 11.2 Å². The minimum Gasteiger partial charge on any atom is -0.481 e. The van der Waals surface area contributed by atoms with Crippen LogP contribution in [0.3, 0.4) is 0 Å². The molecule has 24 heavy (non-hydrogen) atoms. The molecule has 1 aromatic heterocycles. The van der Waals surface area contributed by atoms with Crippen LogP contribution in [0.2, 0.25) is 0 Å². The maximum absolute atomic E-state index is 10.8. The molecule has 0 amide bonds. The number of carbonyl (C=O) groups is 1. The van der Waals surface area contributed by atoms with Crippen molar-refractivity contribution in [1.29, 1.82) is 0 Å². The van der Waals surface area contributed by atoms with Gasteiger partial charge in [-0.15, -0.1) is 0 Å². The fourth-order valence-corrected chi connectivity index (χ4v) is 2.69. The van der Waals surface area contributed by atoms with E-state index >= 15 is 0 Å². The molecule has 0 saturated heterocycles. The van der Waals surface area contributed by atoms with Gasteiger partial charge in [0.25, 0.3) is 0 Å². The highest BCUT2D eigenvalue weighted by Gasteiger charge is 2.11. The SMILES string of the molecule is CCN(c1cccc(CCC(=O)O)c1)c1cnc2ccccc2n1. The van der Waals surface area contributed by atoms with Crippen LogP contribution < -0.4 is 4.90 Å². The highest BCUT2D eigenvalue weighted by molar-refractivity contribution is 5.76. The summed E-state index contributed by atoms with van der Waals surface area (Å²) in [5, 5.41) is 8.85. The number of benzene rings is 2. The zero-order valence-electron chi connectivity index (χ0n) is 13.5. The smallest absolute Gasteiger partial charge is 0.303 e. The highest BCUT2D eigenvalue weighted by atomic mass is 16.4. The monoisotopic (exact) mass is 321 g/mol. The molecule has 3 aromatic rings. The van der Waals surface area contributed by atoms with Gasteiger partial charge in [-0.3, -0.25) is 9.78 Å². The van der Waals surface area contributed by atoms with Gasteiger partial charge in [-0.2, -0.15) is 0 Å². The molecule has 122 valence electrons. The summed E-state index contributed by atoms with van der Waals surface area (Å²) < 4.78 is 0. The average molecular weight is 321 g/mol. The van der Waals surface area contributed by atoms with Gasteiger partial charge in [-0.25, -0.2) is 4.98 Å². The first-order valence-corrected chi connectivity index (χ1v) is 7.97. The zero-order valence-corrected chi connectivity index (χ0v) is 13.5. The summed E-state index contributed by atoms with van der Waals surface area (Å²) in [7, 11) is 0. The molecule has 0 aliphatic carbocycles. The Morgan fingerprint density at radius 3 is 2.67 bits per heavy atom. The Balaban J connectivity index is 1.92. The van der Waals surface area contributed by atoms with Crippen molar-refractivity contribution in [3.8, 4) is 0 Å². The van der Waals surface area contributed by atoms with E-state index in [1.54, 1.807) is 6.20 Å². The van der Waals surface area contributed by atoms with Crippen LogP contribution in [0.25, 0.3) is 11.0 Å². The van der Waals surface area contributed by atoms with Gasteiger partial charge in [-0.05, 0) is 43.2 Å². The third-order valence-corrected chi connectivity index (χ3v) is 3.88. The number of fused-ring (bicyclic) bond motifs is 1. The number of anilines is 2. The fraction of sp³-hybridized carbons (Fsp3) is 0.211. The van der Waals surface area contributed by atoms with E-state index in [1.165, 1.54) is 0 Å². The summed E-state index contributed by atoms with van der Waals surface area (Å²) in [5.74, 6) is -0.000249. The van der Waals surface area contributed by atoms with Gasteiger partial charge in [0.1, 0.15) is 0 Å². The number of aromatic nitrogens is 2. The first-order chi connectivity index (χ1) is 11.7. The first kappa shape index (κ1) is 15.9. The van der Waals surface area contributed by atoms with Crippen LogP contribution >= 0.6 is 0 Å². The number of hydrogen-bond donors (Lipinski definition) is 1. The molecule has 5 nitrogen and oxygen atoms in total. The molecule has 2 aromatic carbocycles. The van der Waals surface area contributed by atoms with Gasteiger partial charge in [0.2, 0.25) is 0 Å². The Bertz CT molecular complexity index is 864. The summed E-state index contributed by atoms with van der Waals surface area (Å²) in [4.78, 5) is 22.0. The van der Waals surface area contributed by atoms with E-state index in [-0.39, 0.29) is 6.42 Å². The van der Waals surface area contributed by atoms with Gasteiger partial charge >= 0.3 is 5.97 Å². The number of carboxylic acid groups (broad SMARTS) is 1. The Hall–Kier alpha value is -2.95. The topological polar surface area (TPSA) is 66.3 Å². The molecule has 3 rings (SSSR count). The predicted octanol–water partition coefficient (Wildman–Crippen LogP) is 3.81. The molecule has 0 saturated carbocycles. The van der Waals surface area contributed by atoms with Crippen LogP contribution in [0.5, 0.6) is 0 Å². The second-order valence-corrected chi connectivity index (χ2v) is 5.52. The molecule has 1 N–H and O–H groups in total. The normalized spacial score (nSPS) is 10.7. The average Bonchev–Trinajstić information content (AvgIpc) is 2.61. The number of aliphatic carboxylic acids is 1. The molecular formula is C19H19N3O2. The second kappa shape index (κ2) is 7.08. The summed E-state index contributed by atoms with van der Waals surface area (Å²) >= 11 is 0. The number of rotatable bonds is 6. The summed E-state index contributed by atoms with van der Waals surface area (Å²) in [5.41, 5.74) is 3.72. The van der Waals surface area contributed by atoms with E-state index < -0.39 is 5.97 Å². The van der Waals surface area contributed by atoms with E-state index in [9.17, 15) is 4.79 Å². The molecule has 0 bridgehead atoms. The number of nitrogens with zero attached hydrogens (tertiary/aromatic N) is 3. The number of carboxylic acids is 1. The van der Waals surface area contributed by atoms with Crippen LogP contribution in [0.1, 0.15) is 18.9 Å². The third kappa shape index (κ3) is 3.51. The van der Waals surface area contributed by atoms with Crippen molar-refractivity contribution < 1.29 is 9.90 Å². The van der Waals surface area contributed by atoms with Gasteiger partial charge in [0.15, 0.2) is 5.82 Å². The lowest BCUT2D eigenvalue weighted by atomic mass is 10.1. The molecule has 0 radical (unpaired) electrons. The van der Waals surface area contributed by atoms with Crippen LogP contribution in [0, 0.1) is 0 Å². The number of para-hydroxylation sites is 2. The Morgan fingerprint density at radius 2 is 1.92 bits per heavy atom. The van der Waals surface area contributed by atoms with E-state index in [4.69, 9.17) is 10.1 Å². The summed E-state index contributed by atoms with van der Waals surface area (Å²) in [6, 6.07) is 15.7. The van der Waals surface area contributed by atoms with Crippen molar-refractivity contribution in [2.75, 3.05) is 11.4 Å². The standard InChI is InChI=1S/C19H19N3O2/c1-2-22(15-7-5-6-14(12-15)10-11-19(23)24)18-13-20-16-8-3-4-9-17(16)21-18/h3-9,12-13H,2,10-11H2,1H3,(H,23,24). The van der Waals surface area contributed by atoms with Crippen LogP contribution in [0.15, 0.2) is 54.7 Å².